The number of likely N-dealkylation sites (tertiary alicyclic amines) is 1. The maximum atomic E-state index is 12.8. The molecule has 0 spiro atoms. The number of benzene rings is 1. The molecule has 2 rings (SSSR count). The van der Waals surface area contributed by atoms with Gasteiger partial charge in [0.25, 0.3) is 0 Å². The van der Waals surface area contributed by atoms with Crippen molar-refractivity contribution in [3.63, 3.8) is 0 Å². The highest BCUT2D eigenvalue weighted by molar-refractivity contribution is 5.69. The van der Waals surface area contributed by atoms with Crippen LogP contribution in [0.2, 0.25) is 0 Å². The highest BCUT2D eigenvalue weighted by Gasteiger charge is 2.23. The van der Waals surface area contributed by atoms with Gasteiger partial charge in [-0.1, -0.05) is 19.1 Å². The van der Waals surface area contributed by atoms with E-state index in [-0.39, 0.29) is 11.7 Å². The summed E-state index contributed by atoms with van der Waals surface area (Å²) in [6.45, 7) is 4.62. The Hall–Kier alpha value is -1.42. The van der Waals surface area contributed by atoms with E-state index in [0.717, 1.165) is 44.5 Å². The molecule has 3 nitrogen and oxygen atoms in total. The van der Waals surface area contributed by atoms with E-state index in [1.807, 2.05) is 12.1 Å². The van der Waals surface area contributed by atoms with Gasteiger partial charge < -0.3 is 5.11 Å². The molecule has 0 aromatic heterocycles. The number of carboxylic acids is 1. The van der Waals surface area contributed by atoms with E-state index in [0.29, 0.717) is 5.92 Å². The first-order valence-electron chi connectivity index (χ1n) is 7.24. The molecule has 1 aliphatic rings. The fraction of sp³-hybridized carbons (Fsp3) is 0.562. The molecule has 0 aliphatic carbocycles. The van der Waals surface area contributed by atoms with Crippen molar-refractivity contribution in [3.8, 4) is 0 Å². The molecule has 0 amide bonds. The second-order valence-electron chi connectivity index (χ2n) is 5.82. The number of carbonyl (C=O) groups is 1. The van der Waals surface area contributed by atoms with Crippen molar-refractivity contribution >= 4 is 5.97 Å². The molecule has 110 valence electrons. The van der Waals surface area contributed by atoms with Gasteiger partial charge in [-0.3, -0.25) is 9.69 Å². The SMILES string of the molecule is CC(CC1CCN(Cc2ccc(F)cc2)CC1)C(=O)O. The average molecular weight is 279 g/mol. The lowest BCUT2D eigenvalue weighted by molar-refractivity contribution is -0.141. The Balaban J connectivity index is 1.76. The number of carboxylic acid groups (broad SMARTS) is 1. The van der Waals surface area contributed by atoms with E-state index in [1.54, 1.807) is 6.92 Å². The molecule has 0 radical (unpaired) electrons. The van der Waals surface area contributed by atoms with Crippen LogP contribution in [-0.2, 0) is 11.3 Å². The fourth-order valence-electron chi connectivity index (χ4n) is 2.83. The number of piperidine rings is 1. The molecule has 1 aromatic rings. The summed E-state index contributed by atoms with van der Waals surface area (Å²) in [5.74, 6) is -0.622. The van der Waals surface area contributed by atoms with Gasteiger partial charge in [-0.15, -0.1) is 0 Å². The van der Waals surface area contributed by atoms with E-state index < -0.39 is 5.97 Å². The van der Waals surface area contributed by atoms with Crippen molar-refractivity contribution in [2.45, 2.75) is 32.7 Å². The standard InChI is InChI=1S/C16H22FNO2/c1-12(16(19)20)10-13-6-8-18(9-7-13)11-14-2-4-15(17)5-3-14/h2-5,12-13H,6-11H2,1H3,(H,19,20). The van der Waals surface area contributed by atoms with Crippen LogP contribution in [0.3, 0.4) is 0 Å². The quantitative estimate of drug-likeness (QED) is 0.900. The van der Waals surface area contributed by atoms with E-state index in [4.69, 9.17) is 5.11 Å². The van der Waals surface area contributed by atoms with Crippen molar-refractivity contribution < 1.29 is 14.3 Å². The smallest absolute Gasteiger partial charge is 0.306 e. The molecule has 1 unspecified atom stereocenters. The zero-order valence-electron chi connectivity index (χ0n) is 11.9. The van der Waals surface area contributed by atoms with Gasteiger partial charge in [0, 0.05) is 6.54 Å². The van der Waals surface area contributed by atoms with Crippen molar-refractivity contribution in [1.29, 1.82) is 0 Å². The molecular formula is C16H22FNO2. The van der Waals surface area contributed by atoms with Gasteiger partial charge in [0.15, 0.2) is 0 Å². The third kappa shape index (κ3) is 4.30. The Morgan fingerprint density at radius 3 is 2.50 bits per heavy atom. The Morgan fingerprint density at radius 2 is 1.95 bits per heavy atom. The summed E-state index contributed by atoms with van der Waals surface area (Å²) in [6, 6.07) is 6.65. The lowest BCUT2D eigenvalue weighted by Gasteiger charge is -2.32. The fourth-order valence-corrected chi connectivity index (χ4v) is 2.83. The van der Waals surface area contributed by atoms with E-state index in [9.17, 15) is 9.18 Å². The molecule has 1 heterocycles. The highest BCUT2D eigenvalue weighted by atomic mass is 19.1. The van der Waals surface area contributed by atoms with Crippen molar-refractivity contribution in [1.82, 2.24) is 4.90 Å². The molecular weight excluding hydrogens is 257 g/mol. The van der Waals surface area contributed by atoms with Gasteiger partial charge >= 0.3 is 5.97 Å². The Labute approximate surface area is 119 Å². The largest absolute Gasteiger partial charge is 0.481 e. The van der Waals surface area contributed by atoms with Crippen LogP contribution in [0.15, 0.2) is 24.3 Å². The Kier molecular flexibility index (Phi) is 5.12. The predicted octanol–water partition coefficient (Wildman–Crippen LogP) is 3.15. The van der Waals surface area contributed by atoms with Gasteiger partial charge in [-0.2, -0.15) is 0 Å². The third-order valence-electron chi connectivity index (χ3n) is 4.14. The number of hydrogen-bond donors (Lipinski definition) is 1. The highest BCUT2D eigenvalue weighted by Crippen LogP contribution is 2.25. The molecule has 0 saturated carbocycles. The van der Waals surface area contributed by atoms with Crippen LogP contribution in [0.4, 0.5) is 4.39 Å². The topological polar surface area (TPSA) is 40.5 Å². The van der Waals surface area contributed by atoms with Crippen LogP contribution < -0.4 is 0 Å². The number of aliphatic carboxylic acids is 1. The summed E-state index contributed by atoms with van der Waals surface area (Å²) in [5, 5.41) is 8.94. The second kappa shape index (κ2) is 6.84. The minimum absolute atomic E-state index is 0.199. The molecule has 0 bridgehead atoms. The zero-order valence-corrected chi connectivity index (χ0v) is 11.9. The number of rotatable bonds is 5. The first-order valence-corrected chi connectivity index (χ1v) is 7.24. The second-order valence-corrected chi connectivity index (χ2v) is 5.82. The molecule has 1 saturated heterocycles. The first kappa shape index (κ1) is 15.0. The molecule has 4 heteroatoms. The summed E-state index contributed by atoms with van der Waals surface area (Å²) in [5.41, 5.74) is 1.13. The van der Waals surface area contributed by atoms with Gasteiger partial charge in [-0.25, -0.2) is 4.39 Å². The van der Waals surface area contributed by atoms with Crippen molar-refractivity contribution in [3.05, 3.63) is 35.6 Å². The van der Waals surface area contributed by atoms with Crippen molar-refractivity contribution in [2.75, 3.05) is 13.1 Å². The van der Waals surface area contributed by atoms with E-state index >= 15 is 0 Å². The lowest BCUT2D eigenvalue weighted by atomic mass is 9.88. The Morgan fingerprint density at radius 1 is 1.35 bits per heavy atom. The summed E-state index contributed by atoms with van der Waals surface area (Å²) >= 11 is 0. The zero-order chi connectivity index (χ0) is 14.5. The van der Waals surface area contributed by atoms with Crippen LogP contribution in [0, 0.1) is 17.7 Å². The molecule has 20 heavy (non-hydrogen) atoms. The van der Waals surface area contributed by atoms with Crippen LogP contribution in [0.1, 0.15) is 31.7 Å². The molecule has 1 N–H and O–H groups in total. The van der Waals surface area contributed by atoms with Gasteiger partial charge in [0.1, 0.15) is 5.82 Å². The molecule has 1 aromatic carbocycles. The molecule has 1 aliphatic heterocycles. The summed E-state index contributed by atoms with van der Waals surface area (Å²) in [7, 11) is 0. The van der Waals surface area contributed by atoms with Gasteiger partial charge in [0.05, 0.1) is 5.92 Å². The van der Waals surface area contributed by atoms with Crippen LogP contribution in [0.25, 0.3) is 0 Å². The number of nitrogens with zero attached hydrogens (tertiary/aromatic N) is 1. The van der Waals surface area contributed by atoms with E-state index in [2.05, 4.69) is 4.90 Å². The lowest BCUT2D eigenvalue weighted by Crippen LogP contribution is -2.34. The maximum absolute atomic E-state index is 12.8. The van der Waals surface area contributed by atoms with Gasteiger partial charge in [0.2, 0.25) is 0 Å². The minimum atomic E-state index is -0.696. The normalized spacial score (nSPS) is 18.9. The Bertz CT molecular complexity index is 438. The third-order valence-corrected chi connectivity index (χ3v) is 4.14. The average Bonchev–Trinajstić information content (AvgIpc) is 2.43. The van der Waals surface area contributed by atoms with Crippen LogP contribution in [0.5, 0.6) is 0 Å². The minimum Gasteiger partial charge on any atom is -0.481 e. The summed E-state index contributed by atoms with van der Waals surface area (Å²) < 4.78 is 12.8. The van der Waals surface area contributed by atoms with Crippen molar-refractivity contribution in [2.24, 2.45) is 11.8 Å². The van der Waals surface area contributed by atoms with E-state index in [1.165, 1.54) is 12.1 Å². The van der Waals surface area contributed by atoms with Gasteiger partial charge in [-0.05, 0) is 56.0 Å². The monoisotopic (exact) mass is 279 g/mol. The summed E-state index contributed by atoms with van der Waals surface area (Å²) in [4.78, 5) is 13.2. The number of halogens is 1. The van der Waals surface area contributed by atoms with Crippen LogP contribution in [-0.4, -0.2) is 29.1 Å². The molecule has 1 atom stereocenters. The summed E-state index contributed by atoms with van der Waals surface area (Å²) in [6.07, 6.45) is 2.89. The first-order chi connectivity index (χ1) is 9.54. The molecule has 1 fully saturated rings. The maximum Gasteiger partial charge on any atom is 0.306 e. The number of hydrogen-bond acceptors (Lipinski definition) is 2. The van der Waals surface area contributed by atoms with Crippen LogP contribution >= 0.6 is 0 Å². The predicted molar refractivity (Wildman–Crippen MR) is 75.8 cm³/mol.